The number of halogens is 1. The second kappa shape index (κ2) is 16.1. The van der Waals surface area contributed by atoms with Crippen molar-refractivity contribution >= 4 is 32.8 Å². The molecule has 1 fully saturated rings. The Morgan fingerprint density at radius 2 is 1.95 bits per heavy atom. The predicted molar refractivity (Wildman–Crippen MR) is 163 cm³/mol. The van der Waals surface area contributed by atoms with Gasteiger partial charge < -0.3 is 14.0 Å². The number of ether oxygens (including phenoxy) is 2. The molecule has 2 aromatic rings. The number of fused-ring (bicyclic) bond motifs is 3. The first kappa shape index (κ1) is 32.1. The summed E-state index contributed by atoms with van der Waals surface area (Å²) in [5, 5.41) is 0.997. The smallest absolute Gasteiger partial charge is 0.340 e. The minimum Gasteiger partial charge on any atom is -0.477 e. The van der Waals surface area contributed by atoms with Gasteiger partial charge in [-0.05, 0) is 82.0 Å². The summed E-state index contributed by atoms with van der Waals surface area (Å²) in [6.45, 7) is 21.5. The molecule has 0 bridgehead atoms. The Morgan fingerprint density at radius 3 is 2.53 bits per heavy atom. The zero-order chi connectivity index (χ0) is 28.2. The van der Waals surface area contributed by atoms with Gasteiger partial charge in [0.25, 0.3) is 0 Å². The van der Waals surface area contributed by atoms with E-state index in [1.807, 2.05) is 27.0 Å². The number of aryl methyl sites for hydroxylation is 1. The van der Waals surface area contributed by atoms with Crippen LogP contribution in [0.4, 0.5) is 0 Å². The maximum atomic E-state index is 13.4. The highest BCUT2D eigenvalue weighted by molar-refractivity contribution is 9.10. The molecule has 1 unspecified atom stereocenters. The molecule has 0 aliphatic carbocycles. The van der Waals surface area contributed by atoms with Crippen LogP contribution in [-0.4, -0.2) is 53.3 Å². The fourth-order valence-electron chi connectivity index (χ4n) is 5.04. The molecule has 212 valence electrons. The van der Waals surface area contributed by atoms with Gasteiger partial charge in [-0.3, -0.25) is 9.80 Å². The maximum Gasteiger partial charge on any atom is 0.340 e. The Hall–Kier alpha value is -2.09. The standard InChI is InChI=1S/C24H34BrN3O3.C4H8.C3H6/c1-5-10-28-19-12-18(25)23-17(13-26(4)15-31-23)21(19)22(24(29)30-6-2)20(28)14-27-11-8-7-9-16(27)3;1-3-4-2;1-3-2/h12,16H,5-11,13-15H2,1-4H3;3H,1,4H2,2H3;3H,1H2,2H3. The van der Waals surface area contributed by atoms with Crippen LogP contribution in [0.2, 0.25) is 0 Å². The third-order valence-electron chi connectivity index (χ3n) is 6.83. The van der Waals surface area contributed by atoms with Gasteiger partial charge >= 0.3 is 5.97 Å². The van der Waals surface area contributed by atoms with E-state index in [0.29, 0.717) is 19.4 Å². The van der Waals surface area contributed by atoms with Gasteiger partial charge in [0, 0.05) is 42.3 Å². The number of piperidine rings is 1. The summed E-state index contributed by atoms with van der Waals surface area (Å²) in [4.78, 5) is 18.0. The van der Waals surface area contributed by atoms with Crippen molar-refractivity contribution in [2.45, 2.75) is 92.4 Å². The molecule has 0 spiro atoms. The molecule has 0 radical (unpaired) electrons. The molecule has 38 heavy (non-hydrogen) atoms. The number of esters is 1. The normalized spacial score (nSPS) is 17.3. The Balaban J connectivity index is 0.000000650. The third kappa shape index (κ3) is 7.73. The summed E-state index contributed by atoms with van der Waals surface area (Å²) in [7, 11) is 2.04. The first-order valence-corrected chi connectivity index (χ1v) is 14.8. The third-order valence-corrected chi connectivity index (χ3v) is 7.42. The zero-order valence-corrected chi connectivity index (χ0v) is 26.0. The van der Waals surface area contributed by atoms with E-state index in [4.69, 9.17) is 9.47 Å². The van der Waals surface area contributed by atoms with Crippen LogP contribution in [0.5, 0.6) is 5.75 Å². The molecule has 1 saturated heterocycles. The van der Waals surface area contributed by atoms with Crippen LogP contribution in [0.15, 0.2) is 35.8 Å². The van der Waals surface area contributed by atoms with Gasteiger partial charge in [0.2, 0.25) is 0 Å². The van der Waals surface area contributed by atoms with Gasteiger partial charge in [0.15, 0.2) is 0 Å². The van der Waals surface area contributed by atoms with Gasteiger partial charge in [-0.25, -0.2) is 4.79 Å². The van der Waals surface area contributed by atoms with Crippen molar-refractivity contribution in [3.63, 3.8) is 0 Å². The first-order valence-electron chi connectivity index (χ1n) is 14.1. The van der Waals surface area contributed by atoms with E-state index in [1.54, 1.807) is 6.08 Å². The van der Waals surface area contributed by atoms with Crippen molar-refractivity contribution in [3.05, 3.63) is 52.7 Å². The first-order chi connectivity index (χ1) is 18.3. The lowest BCUT2D eigenvalue weighted by Gasteiger charge is -2.33. The number of rotatable bonds is 7. The highest BCUT2D eigenvalue weighted by Crippen LogP contribution is 2.43. The molecular formula is C31H48BrN3O3. The summed E-state index contributed by atoms with van der Waals surface area (Å²) < 4.78 is 14.9. The van der Waals surface area contributed by atoms with Gasteiger partial charge in [-0.2, -0.15) is 0 Å². The molecule has 1 aromatic heterocycles. The number of aromatic nitrogens is 1. The Labute approximate surface area is 238 Å². The number of benzene rings is 1. The molecular weight excluding hydrogens is 542 g/mol. The number of hydrogen-bond acceptors (Lipinski definition) is 5. The summed E-state index contributed by atoms with van der Waals surface area (Å²) in [6, 6.07) is 2.65. The number of carbonyl (C=O) groups is 1. The van der Waals surface area contributed by atoms with E-state index in [-0.39, 0.29) is 5.97 Å². The molecule has 0 saturated carbocycles. The lowest BCUT2D eigenvalue weighted by Crippen LogP contribution is -2.37. The molecule has 0 N–H and O–H groups in total. The van der Waals surface area contributed by atoms with E-state index < -0.39 is 0 Å². The molecule has 1 atom stereocenters. The van der Waals surface area contributed by atoms with Crippen LogP contribution in [0.3, 0.4) is 0 Å². The largest absolute Gasteiger partial charge is 0.477 e. The number of likely N-dealkylation sites (tertiary alicyclic amines) is 1. The second-order valence-corrected chi connectivity index (χ2v) is 10.8. The monoisotopic (exact) mass is 589 g/mol. The SMILES string of the molecule is C=CC.C=CCC.CCCn1c(CN2CCCCC2C)c(C(=O)OCC)c2c3c(c(Br)cc21)OCN(C)C3. The highest BCUT2D eigenvalue weighted by Gasteiger charge is 2.32. The van der Waals surface area contributed by atoms with Gasteiger partial charge in [0.1, 0.15) is 12.5 Å². The summed E-state index contributed by atoms with van der Waals surface area (Å²) >= 11 is 3.73. The average Bonchev–Trinajstić information content (AvgIpc) is 3.19. The lowest BCUT2D eigenvalue weighted by molar-refractivity contribution is 0.0523. The zero-order valence-electron chi connectivity index (χ0n) is 24.4. The van der Waals surface area contributed by atoms with Crippen LogP contribution >= 0.6 is 15.9 Å². The van der Waals surface area contributed by atoms with Gasteiger partial charge in [-0.1, -0.05) is 32.4 Å². The highest BCUT2D eigenvalue weighted by atomic mass is 79.9. The van der Waals surface area contributed by atoms with Crippen LogP contribution in [0, 0.1) is 0 Å². The minimum absolute atomic E-state index is 0.222. The summed E-state index contributed by atoms with van der Waals surface area (Å²) in [6.07, 6.45) is 9.42. The molecule has 2 aliphatic rings. The molecule has 2 aliphatic heterocycles. The molecule has 7 heteroatoms. The fraction of sp³-hybridized carbons (Fsp3) is 0.581. The van der Waals surface area contributed by atoms with Crippen LogP contribution < -0.4 is 4.74 Å². The number of carbonyl (C=O) groups excluding carboxylic acids is 1. The minimum atomic E-state index is -0.222. The Bertz CT molecular complexity index is 1080. The van der Waals surface area contributed by atoms with Crippen molar-refractivity contribution in [1.82, 2.24) is 14.4 Å². The maximum absolute atomic E-state index is 13.4. The molecule has 6 nitrogen and oxygen atoms in total. The van der Waals surface area contributed by atoms with E-state index in [9.17, 15) is 4.79 Å². The van der Waals surface area contributed by atoms with Crippen molar-refractivity contribution < 1.29 is 14.3 Å². The van der Waals surface area contributed by atoms with Crippen molar-refractivity contribution in [2.75, 3.05) is 26.9 Å². The van der Waals surface area contributed by atoms with Crippen LogP contribution in [0.1, 0.15) is 88.3 Å². The lowest BCUT2D eigenvalue weighted by atomic mass is 10.0. The van der Waals surface area contributed by atoms with Crippen LogP contribution in [-0.2, 0) is 24.4 Å². The number of nitrogens with zero attached hydrogens (tertiary/aromatic N) is 3. The Morgan fingerprint density at radius 1 is 1.26 bits per heavy atom. The van der Waals surface area contributed by atoms with E-state index in [0.717, 1.165) is 77.0 Å². The van der Waals surface area contributed by atoms with E-state index >= 15 is 0 Å². The quantitative estimate of drug-likeness (QED) is 0.242. The Kier molecular flexibility index (Phi) is 13.6. The van der Waals surface area contributed by atoms with E-state index in [2.05, 4.69) is 70.3 Å². The molecule has 4 rings (SSSR count). The number of hydrogen-bond donors (Lipinski definition) is 0. The molecule has 3 heterocycles. The fourth-order valence-corrected chi connectivity index (χ4v) is 5.61. The van der Waals surface area contributed by atoms with Crippen LogP contribution in [0.25, 0.3) is 10.9 Å². The van der Waals surface area contributed by atoms with E-state index in [1.165, 1.54) is 19.3 Å². The van der Waals surface area contributed by atoms with Gasteiger partial charge in [0.05, 0.1) is 22.2 Å². The molecule has 0 amide bonds. The number of allylic oxidation sites excluding steroid dienone is 2. The van der Waals surface area contributed by atoms with Crippen molar-refractivity contribution in [2.24, 2.45) is 0 Å². The summed E-state index contributed by atoms with van der Waals surface area (Å²) in [5.41, 5.74) is 3.97. The topological polar surface area (TPSA) is 46.9 Å². The van der Waals surface area contributed by atoms with Crippen molar-refractivity contribution in [3.8, 4) is 5.75 Å². The average molecular weight is 591 g/mol. The summed E-state index contributed by atoms with van der Waals surface area (Å²) in [5.74, 6) is 0.627. The predicted octanol–water partition coefficient (Wildman–Crippen LogP) is 7.92. The molecule has 1 aromatic carbocycles. The van der Waals surface area contributed by atoms with Gasteiger partial charge in [-0.15, -0.1) is 13.2 Å². The second-order valence-electron chi connectivity index (χ2n) is 9.96. The van der Waals surface area contributed by atoms with Crippen molar-refractivity contribution in [1.29, 1.82) is 0 Å².